The first kappa shape index (κ1) is 5.80. The van der Waals surface area contributed by atoms with Crippen molar-refractivity contribution in [2.75, 3.05) is 0 Å². The summed E-state index contributed by atoms with van der Waals surface area (Å²) >= 11 is 0. The predicted octanol–water partition coefficient (Wildman–Crippen LogP) is 0.423. The van der Waals surface area contributed by atoms with Crippen LogP contribution in [0.25, 0.3) is 0 Å². The highest BCUT2D eigenvalue weighted by Gasteiger charge is 2.19. The molecule has 1 aromatic heterocycles. The molecular formula is C7H9N3. The Balaban J connectivity index is 2.51. The maximum Gasteiger partial charge on any atom is 0.115 e. The minimum absolute atomic E-state index is 0.177. The Morgan fingerprint density at radius 2 is 2.50 bits per heavy atom. The average molecular weight is 135 g/mol. The third kappa shape index (κ3) is 0.708. The molecule has 10 heavy (non-hydrogen) atoms. The SMILES string of the molecule is NC1CCc2ncncc21. The third-order valence-corrected chi connectivity index (χ3v) is 1.92. The molecule has 52 valence electrons. The average Bonchev–Trinajstić information content (AvgIpc) is 2.34. The zero-order valence-electron chi connectivity index (χ0n) is 5.62. The van der Waals surface area contributed by atoms with Gasteiger partial charge in [0.25, 0.3) is 0 Å². The van der Waals surface area contributed by atoms with E-state index in [1.54, 1.807) is 6.33 Å². The highest BCUT2D eigenvalue weighted by molar-refractivity contribution is 5.24. The second-order valence-electron chi connectivity index (χ2n) is 2.57. The van der Waals surface area contributed by atoms with Crippen molar-refractivity contribution in [2.45, 2.75) is 18.9 Å². The Kier molecular flexibility index (Phi) is 1.17. The summed E-state index contributed by atoms with van der Waals surface area (Å²) in [6, 6.07) is 0.177. The van der Waals surface area contributed by atoms with E-state index in [1.807, 2.05) is 6.20 Å². The summed E-state index contributed by atoms with van der Waals surface area (Å²) in [5.41, 5.74) is 8.02. The van der Waals surface area contributed by atoms with Crippen LogP contribution in [0.4, 0.5) is 0 Å². The van der Waals surface area contributed by atoms with E-state index in [0.29, 0.717) is 0 Å². The molecule has 1 aliphatic carbocycles. The van der Waals surface area contributed by atoms with Gasteiger partial charge in [-0.05, 0) is 12.8 Å². The number of aromatic nitrogens is 2. The first-order valence-corrected chi connectivity index (χ1v) is 3.42. The van der Waals surface area contributed by atoms with Crippen LogP contribution >= 0.6 is 0 Å². The van der Waals surface area contributed by atoms with Crippen molar-refractivity contribution in [3.05, 3.63) is 23.8 Å². The summed E-state index contributed by atoms with van der Waals surface area (Å²) in [6.45, 7) is 0. The molecule has 2 rings (SSSR count). The number of fused-ring (bicyclic) bond motifs is 1. The van der Waals surface area contributed by atoms with Crippen molar-refractivity contribution in [3.63, 3.8) is 0 Å². The molecule has 1 atom stereocenters. The van der Waals surface area contributed by atoms with Crippen molar-refractivity contribution in [2.24, 2.45) is 5.73 Å². The number of nitrogens with two attached hydrogens (primary N) is 1. The van der Waals surface area contributed by atoms with Crippen LogP contribution in [0, 0.1) is 0 Å². The van der Waals surface area contributed by atoms with E-state index < -0.39 is 0 Å². The predicted molar refractivity (Wildman–Crippen MR) is 37.3 cm³/mol. The molecule has 0 spiro atoms. The molecule has 1 aliphatic rings. The van der Waals surface area contributed by atoms with Crippen LogP contribution in [0.15, 0.2) is 12.5 Å². The van der Waals surface area contributed by atoms with Crippen LogP contribution in [0.5, 0.6) is 0 Å². The second-order valence-corrected chi connectivity index (χ2v) is 2.57. The largest absolute Gasteiger partial charge is 0.324 e. The summed E-state index contributed by atoms with van der Waals surface area (Å²) in [4.78, 5) is 8.03. The van der Waals surface area contributed by atoms with E-state index in [-0.39, 0.29) is 6.04 Å². The van der Waals surface area contributed by atoms with Gasteiger partial charge in [-0.2, -0.15) is 0 Å². The van der Waals surface area contributed by atoms with Crippen LogP contribution in [0.3, 0.4) is 0 Å². The number of hydrogen-bond donors (Lipinski definition) is 1. The lowest BCUT2D eigenvalue weighted by atomic mass is 10.2. The first-order valence-electron chi connectivity index (χ1n) is 3.42. The zero-order valence-corrected chi connectivity index (χ0v) is 5.62. The van der Waals surface area contributed by atoms with Crippen LogP contribution in [0.2, 0.25) is 0 Å². The molecule has 0 radical (unpaired) electrons. The Bertz CT molecular complexity index is 246. The van der Waals surface area contributed by atoms with E-state index in [4.69, 9.17) is 5.73 Å². The highest BCUT2D eigenvalue weighted by atomic mass is 14.8. The normalized spacial score (nSPS) is 22.7. The minimum atomic E-state index is 0.177. The first-order chi connectivity index (χ1) is 4.88. The van der Waals surface area contributed by atoms with Crippen molar-refractivity contribution < 1.29 is 0 Å². The summed E-state index contributed by atoms with van der Waals surface area (Å²) < 4.78 is 0. The van der Waals surface area contributed by atoms with E-state index in [9.17, 15) is 0 Å². The molecule has 1 heterocycles. The Hall–Kier alpha value is -0.960. The fourth-order valence-corrected chi connectivity index (χ4v) is 1.33. The molecular weight excluding hydrogens is 126 g/mol. The topological polar surface area (TPSA) is 51.8 Å². The molecule has 1 unspecified atom stereocenters. The standard InChI is InChI=1S/C7H9N3/c8-6-1-2-7-5(6)3-9-4-10-7/h3-4,6H,1-2,8H2. The van der Waals surface area contributed by atoms with Crippen molar-refractivity contribution in [3.8, 4) is 0 Å². The molecule has 0 saturated carbocycles. The lowest BCUT2D eigenvalue weighted by molar-refractivity contribution is 0.711. The van der Waals surface area contributed by atoms with Gasteiger partial charge in [-0.25, -0.2) is 9.97 Å². The zero-order chi connectivity index (χ0) is 6.97. The van der Waals surface area contributed by atoms with Gasteiger partial charge in [0, 0.05) is 23.5 Å². The third-order valence-electron chi connectivity index (χ3n) is 1.92. The molecule has 0 bridgehead atoms. The Morgan fingerprint density at radius 3 is 3.30 bits per heavy atom. The fourth-order valence-electron chi connectivity index (χ4n) is 1.33. The van der Waals surface area contributed by atoms with Gasteiger partial charge in [0.15, 0.2) is 0 Å². The summed E-state index contributed by atoms with van der Waals surface area (Å²) in [5.74, 6) is 0. The van der Waals surface area contributed by atoms with Gasteiger partial charge in [-0.3, -0.25) is 0 Å². The quantitative estimate of drug-likeness (QED) is 0.561. The van der Waals surface area contributed by atoms with Gasteiger partial charge in [0.05, 0.1) is 0 Å². The molecule has 0 amide bonds. The molecule has 2 N–H and O–H groups in total. The number of rotatable bonds is 0. The van der Waals surface area contributed by atoms with Crippen LogP contribution in [-0.4, -0.2) is 9.97 Å². The van der Waals surface area contributed by atoms with Gasteiger partial charge in [-0.1, -0.05) is 0 Å². The molecule has 0 fully saturated rings. The summed E-state index contributed by atoms with van der Waals surface area (Å²) in [6.07, 6.45) is 5.43. The van der Waals surface area contributed by atoms with Crippen LogP contribution in [0.1, 0.15) is 23.7 Å². The number of aryl methyl sites for hydroxylation is 1. The van der Waals surface area contributed by atoms with Gasteiger partial charge in [0.2, 0.25) is 0 Å². The minimum Gasteiger partial charge on any atom is -0.324 e. The Morgan fingerprint density at radius 1 is 1.60 bits per heavy atom. The second kappa shape index (κ2) is 2.02. The maximum atomic E-state index is 5.77. The van der Waals surface area contributed by atoms with E-state index in [1.165, 1.54) is 0 Å². The van der Waals surface area contributed by atoms with Crippen molar-refractivity contribution in [1.82, 2.24) is 9.97 Å². The lowest BCUT2D eigenvalue weighted by Gasteiger charge is -2.00. The van der Waals surface area contributed by atoms with Gasteiger partial charge in [-0.15, -0.1) is 0 Å². The number of hydrogen-bond acceptors (Lipinski definition) is 3. The molecule has 1 aromatic rings. The van der Waals surface area contributed by atoms with Crippen molar-refractivity contribution >= 4 is 0 Å². The smallest absolute Gasteiger partial charge is 0.115 e. The molecule has 0 aliphatic heterocycles. The Labute approximate surface area is 59.3 Å². The highest BCUT2D eigenvalue weighted by Crippen LogP contribution is 2.25. The lowest BCUT2D eigenvalue weighted by Crippen LogP contribution is -2.05. The van der Waals surface area contributed by atoms with E-state index in [2.05, 4.69) is 9.97 Å². The monoisotopic (exact) mass is 135 g/mol. The maximum absolute atomic E-state index is 5.77. The van der Waals surface area contributed by atoms with Gasteiger partial charge in [0.1, 0.15) is 6.33 Å². The van der Waals surface area contributed by atoms with Gasteiger partial charge < -0.3 is 5.73 Å². The fraction of sp³-hybridized carbons (Fsp3) is 0.429. The summed E-state index contributed by atoms with van der Waals surface area (Å²) in [7, 11) is 0. The molecule has 3 heteroatoms. The number of nitrogens with zero attached hydrogens (tertiary/aromatic N) is 2. The van der Waals surface area contributed by atoms with E-state index >= 15 is 0 Å². The molecule has 3 nitrogen and oxygen atoms in total. The molecule has 0 aromatic carbocycles. The van der Waals surface area contributed by atoms with Crippen LogP contribution < -0.4 is 5.73 Å². The molecule has 0 saturated heterocycles. The summed E-state index contributed by atoms with van der Waals surface area (Å²) in [5, 5.41) is 0. The van der Waals surface area contributed by atoms with Crippen LogP contribution in [-0.2, 0) is 6.42 Å². The van der Waals surface area contributed by atoms with Gasteiger partial charge >= 0.3 is 0 Å². The van der Waals surface area contributed by atoms with Crippen molar-refractivity contribution in [1.29, 1.82) is 0 Å². The van der Waals surface area contributed by atoms with E-state index in [0.717, 1.165) is 24.1 Å².